The van der Waals surface area contributed by atoms with Crippen molar-refractivity contribution in [1.82, 2.24) is 4.90 Å². The number of para-hydroxylation sites is 1. The lowest BCUT2D eigenvalue weighted by atomic mass is 9.81. The summed E-state index contributed by atoms with van der Waals surface area (Å²) >= 11 is 0. The van der Waals surface area contributed by atoms with Gasteiger partial charge in [-0.3, -0.25) is 4.79 Å². The second-order valence-electron chi connectivity index (χ2n) is 6.75. The standard InChI is InChI=1S/C19H17N3O4/c23-17-19(13-3-1-2-4-14(13)21-17)7-8-22(10-19)18(24)20-12-5-6-15-16(9-12)26-11-25-15/h1-6,9H,7-8,10-11H2,(H,20,24)(H,21,23)/t19-/m1/s1. The summed E-state index contributed by atoms with van der Waals surface area (Å²) in [6.45, 7) is 1.08. The minimum Gasteiger partial charge on any atom is -0.454 e. The topological polar surface area (TPSA) is 79.9 Å². The van der Waals surface area contributed by atoms with Gasteiger partial charge in [0, 0.05) is 30.5 Å². The number of anilines is 2. The van der Waals surface area contributed by atoms with Crippen LogP contribution >= 0.6 is 0 Å². The van der Waals surface area contributed by atoms with Crippen molar-refractivity contribution in [1.29, 1.82) is 0 Å². The summed E-state index contributed by atoms with van der Waals surface area (Å²) in [5.41, 5.74) is 1.80. The molecule has 0 radical (unpaired) electrons. The number of carbonyl (C=O) groups is 2. The normalized spacial score (nSPS) is 22.5. The Kier molecular flexibility index (Phi) is 3.12. The molecular formula is C19H17N3O4. The lowest BCUT2D eigenvalue weighted by Crippen LogP contribution is -2.40. The molecule has 0 aliphatic carbocycles. The van der Waals surface area contributed by atoms with Gasteiger partial charge >= 0.3 is 6.03 Å². The van der Waals surface area contributed by atoms with Gasteiger partial charge in [0.25, 0.3) is 0 Å². The Morgan fingerprint density at radius 3 is 2.92 bits per heavy atom. The number of hydrogen-bond donors (Lipinski definition) is 2. The van der Waals surface area contributed by atoms with Crippen molar-refractivity contribution in [2.45, 2.75) is 11.8 Å². The third-order valence-corrected chi connectivity index (χ3v) is 5.31. The molecule has 0 bridgehead atoms. The van der Waals surface area contributed by atoms with Gasteiger partial charge in [-0.1, -0.05) is 18.2 Å². The first kappa shape index (κ1) is 15.1. The van der Waals surface area contributed by atoms with E-state index in [2.05, 4.69) is 10.6 Å². The van der Waals surface area contributed by atoms with Crippen LogP contribution in [0.4, 0.5) is 16.2 Å². The molecule has 0 aromatic heterocycles. The second-order valence-corrected chi connectivity index (χ2v) is 6.75. The zero-order valence-electron chi connectivity index (χ0n) is 14.0. The summed E-state index contributed by atoms with van der Waals surface area (Å²) in [4.78, 5) is 27.0. The number of nitrogens with zero attached hydrogens (tertiary/aromatic N) is 1. The lowest BCUT2D eigenvalue weighted by molar-refractivity contribution is -0.120. The van der Waals surface area contributed by atoms with E-state index in [1.807, 2.05) is 24.3 Å². The fraction of sp³-hybridized carbons (Fsp3) is 0.263. The molecule has 0 saturated carbocycles. The second kappa shape index (κ2) is 5.39. The van der Waals surface area contributed by atoms with Gasteiger partial charge in [-0.2, -0.15) is 0 Å². The number of ether oxygens (including phenoxy) is 2. The van der Waals surface area contributed by atoms with E-state index in [9.17, 15) is 9.59 Å². The van der Waals surface area contributed by atoms with Crippen LogP contribution in [0.1, 0.15) is 12.0 Å². The first-order chi connectivity index (χ1) is 12.7. The van der Waals surface area contributed by atoms with E-state index >= 15 is 0 Å². The molecular weight excluding hydrogens is 334 g/mol. The molecule has 3 heterocycles. The summed E-state index contributed by atoms with van der Waals surface area (Å²) in [5, 5.41) is 5.82. The molecule has 2 aromatic rings. The maximum atomic E-state index is 12.7. The van der Waals surface area contributed by atoms with Crippen molar-refractivity contribution in [3.8, 4) is 11.5 Å². The predicted octanol–water partition coefficient (Wildman–Crippen LogP) is 2.54. The van der Waals surface area contributed by atoms with Crippen LogP contribution in [0.15, 0.2) is 42.5 Å². The van der Waals surface area contributed by atoms with E-state index in [1.165, 1.54) is 0 Å². The van der Waals surface area contributed by atoms with Crippen LogP contribution in [0.3, 0.4) is 0 Å². The Morgan fingerprint density at radius 1 is 1.15 bits per heavy atom. The fourth-order valence-corrected chi connectivity index (χ4v) is 3.94. The van der Waals surface area contributed by atoms with Crippen molar-refractivity contribution < 1.29 is 19.1 Å². The quantitative estimate of drug-likeness (QED) is 0.827. The molecule has 3 aliphatic rings. The first-order valence-electron chi connectivity index (χ1n) is 8.52. The van der Waals surface area contributed by atoms with Crippen molar-refractivity contribution in [3.63, 3.8) is 0 Å². The Morgan fingerprint density at radius 2 is 2.00 bits per heavy atom. The van der Waals surface area contributed by atoms with E-state index in [0.29, 0.717) is 36.7 Å². The third-order valence-electron chi connectivity index (χ3n) is 5.31. The predicted molar refractivity (Wildman–Crippen MR) is 94.5 cm³/mol. The van der Waals surface area contributed by atoms with Crippen LogP contribution in [-0.2, 0) is 10.2 Å². The lowest BCUT2D eigenvalue weighted by Gasteiger charge is -2.22. The average Bonchev–Trinajstić information content (AvgIpc) is 3.35. The van der Waals surface area contributed by atoms with E-state index < -0.39 is 5.41 Å². The van der Waals surface area contributed by atoms with Crippen molar-refractivity contribution in [3.05, 3.63) is 48.0 Å². The Bertz CT molecular complexity index is 929. The summed E-state index contributed by atoms with van der Waals surface area (Å²) < 4.78 is 10.6. The third kappa shape index (κ3) is 2.13. The molecule has 1 spiro atoms. The molecule has 1 fully saturated rings. The highest BCUT2D eigenvalue weighted by molar-refractivity contribution is 6.07. The van der Waals surface area contributed by atoms with E-state index in [-0.39, 0.29) is 18.7 Å². The molecule has 5 rings (SSSR count). The van der Waals surface area contributed by atoms with Gasteiger partial charge in [-0.25, -0.2) is 4.79 Å². The minimum absolute atomic E-state index is 0.0305. The largest absolute Gasteiger partial charge is 0.454 e. The van der Waals surface area contributed by atoms with Crippen LogP contribution in [0.2, 0.25) is 0 Å². The van der Waals surface area contributed by atoms with Gasteiger partial charge in [-0.05, 0) is 30.2 Å². The minimum atomic E-state index is -0.650. The smallest absolute Gasteiger partial charge is 0.321 e. The molecule has 3 aliphatic heterocycles. The molecule has 2 N–H and O–H groups in total. The maximum absolute atomic E-state index is 12.7. The number of amides is 3. The SMILES string of the molecule is O=C(Nc1ccc2c(c1)OCO2)N1CC[C@]2(C1)C(=O)Nc1ccccc12. The van der Waals surface area contributed by atoms with Crippen LogP contribution in [-0.4, -0.2) is 36.7 Å². The molecule has 26 heavy (non-hydrogen) atoms. The van der Waals surface area contributed by atoms with E-state index in [1.54, 1.807) is 23.1 Å². The van der Waals surface area contributed by atoms with Crippen LogP contribution < -0.4 is 20.1 Å². The van der Waals surface area contributed by atoms with Gasteiger partial charge in [0.1, 0.15) is 0 Å². The number of nitrogens with one attached hydrogen (secondary N) is 2. The number of hydrogen-bond acceptors (Lipinski definition) is 4. The number of carbonyl (C=O) groups excluding carboxylic acids is 2. The van der Waals surface area contributed by atoms with Gasteiger partial charge in [0.2, 0.25) is 12.7 Å². The van der Waals surface area contributed by atoms with Crippen LogP contribution in [0.25, 0.3) is 0 Å². The van der Waals surface area contributed by atoms with Crippen molar-refractivity contribution in [2.75, 3.05) is 30.5 Å². The van der Waals surface area contributed by atoms with Crippen LogP contribution in [0.5, 0.6) is 11.5 Å². The van der Waals surface area contributed by atoms with Crippen molar-refractivity contribution >= 4 is 23.3 Å². The van der Waals surface area contributed by atoms with E-state index in [4.69, 9.17) is 9.47 Å². The molecule has 0 unspecified atom stereocenters. The van der Waals surface area contributed by atoms with Gasteiger partial charge in [0.15, 0.2) is 11.5 Å². The molecule has 7 heteroatoms. The van der Waals surface area contributed by atoms with E-state index in [0.717, 1.165) is 11.3 Å². The summed E-state index contributed by atoms with van der Waals surface area (Å²) in [7, 11) is 0. The van der Waals surface area contributed by atoms with Crippen LogP contribution in [0, 0.1) is 0 Å². The zero-order valence-corrected chi connectivity index (χ0v) is 14.0. The molecule has 3 amide bonds. The molecule has 7 nitrogen and oxygen atoms in total. The highest BCUT2D eigenvalue weighted by Gasteiger charge is 2.51. The molecule has 1 saturated heterocycles. The zero-order chi connectivity index (χ0) is 17.7. The van der Waals surface area contributed by atoms with Crippen molar-refractivity contribution in [2.24, 2.45) is 0 Å². The Balaban J connectivity index is 1.35. The maximum Gasteiger partial charge on any atom is 0.321 e. The number of likely N-dealkylation sites (tertiary alicyclic amines) is 1. The molecule has 132 valence electrons. The molecule has 2 aromatic carbocycles. The number of urea groups is 1. The highest BCUT2D eigenvalue weighted by atomic mass is 16.7. The Hall–Kier alpha value is -3.22. The average molecular weight is 351 g/mol. The summed E-state index contributed by atoms with van der Waals surface area (Å²) in [5.74, 6) is 1.25. The van der Waals surface area contributed by atoms with Gasteiger partial charge in [-0.15, -0.1) is 0 Å². The Labute approximate surface area is 149 Å². The monoisotopic (exact) mass is 351 g/mol. The van der Waals surface area contributed by atoms with Gasteiger partial charge < -0.3 is 25.0 Å². The molecule has 1 atom stereocenters. The fourth-order valence-electron chi connectivity index (χ4n) is 3.94. The summed E-state index contributed by atoms with van der Waals surface area (Å²) in [6.07, 6.45) is 0.615. The number of fused-ring (bicyclic) bond motifs is 3. The first-order valence-corrected chi connectivity index (χ1v) is 8.52. The highest BCUT2D eigenvalue weighted by Crippen LogP contribution is 2.44. The van der Waals surface area contributed by atoms with Gasteiger partial charge in [0.05, 0.1) is 5.41 Å². The summed E-state index contributed by atoms with van der Waals surface area (Å²) in [6, 6.07) is 12.7. The number of rotatable bonds is 1. The number of benzene rings is 2.